The predicted octanol–water partition coefficient (Wildman–Crippen LogP) is 1.84. The lowest BCUT2D eigenvalue weighted by Gasteiger charge is -2.34. The van der Waals surface area contributed by atoms with Crippen LogP contribution in [0.15, 0.2) is 53.4 Å². The van der Waals surface area contributed by atoms with E-state index < -0.39 is 0 Å². The number of hydrogen-bond acceptors (Lipinski definition) is 4. The second-order valence-corrected chi connectivity index (χ2v) is 6.32. The molecule has 26 heavy (non-hydrogen) atoms. The second kappa shape index (κ2) is 7.03. The van der Waals surface area contributed by atoms with Gasteiger partial charge in [-0.2, -0.15) is 0 Å². The van der Waals surface area contributed by atoms with Crippen LogP contribution in [-0.4, -0.2) is 57.2 Å². The van der Waals surface area contributed by atoms with Crippen LogP contribution in [0.2, 0.25) is 0 Å². The van der Waals surface area contributed by atoms with Gasteiger partial charge in [-0.25, -0.2) is 4.98 Å². The fraction of sp³-hybridized carbons (Fsp3) is 0.316. The smallest absolute Gasteiger partial charge is 0.289 e. The third-order valence-corrected chi connectivity index (χ3v) is 4.73. The van der Waals surface area contributed by atoms with Gasteiger partial charge < -0.3 is 18.6 Å². The third kappa shape index (κ3) is 3.20. The maximum atomic E-state index is 12.5. The highest BCUT2D eigenvalue weighted by molar-refractivity contribution is 5.91. The van der Waals surface area contributed by atoms with Crippen molar-refractivity contribution in [2.75, 3.05) is 26.2 Å². The van der Waals surface area contributed by atoms with Crippen LogP contribution in [0.4, 0.5) is 0 Å². The van der Waals surface area contributed by atoms with Crippen LogP contribution < -0.4 is 0 Å². The van der Waals surface area contributed by atoms with E-state index in [9.17, 15) is 9.59 Å². The fourth-order valence-corrected chi connectivity index (χ4v) is 3.28. The molecule has 0 bridgehead atoms. The Hall–Kier alpha value is -3.09. The SMILES string of the molecule is O=C(CCc1ncc2ccccn12)N1CCN(C(=O)c2ccco2)CC1. The van der Waals surface area contributed by atoms with Crippen molar-refractivity contribution in [3.8, 4) is 0 Å². The first kappa shape index (κ1) is 16.4. The van der Waals surface area contributed by atoms with Crippen LogP contribution >= 0.6 is 0 Å². The molecule has 0 spiro atoms. The minimum absolute atomic E-state index is 0.0998. The second-order valence-electron chi connectivity index (χ2n) is 6.32. The average molecular weight is 352 g/mol. The van der Waals surface area contributed by atoms with Gasteiger partial charge in [0, 0.05) is 45.2 Å². The molecule has 0 radical (unpaired) electrons. The van der Waals surface area contributed by atoms with Crippen molar-refractivity contribution in [2.24, 2.45) is 0 Å². The Morgan fingerprint density at radius 1 is 1.04 bits per heavy atom. The van der Waals surface area contributed by atoms with E-state index in [1.54, 1.807) is 17.0 Å². The first-order chi connectivity index (χ1) is 12.7. The number of carbonyl (C=O) groups is 2. The van der Waals surface area contributed by atoms with E-state index in [1.165, 1.54) is 6.26 Å². The standard InChI is InChI=1S/C19H20N4O3/c24-18(7-6-17-20-14-15-4-1-2-8-23(15)17)21-9-11-22(12-10-21)19(25)16-5-3-13-26-16/h1-5,8,13-14H,6-7,9-12H2. The van der Waals surface area contributed by atoms with Gasteiger partial charge in [-0.05, 0) is 24.3 Å². The average Bonchev–Trinajstić information content (AvgIpc) is 3.36. The molecule has 4 heterocycles. The number of hydrogen-bond donors (Lipinski definition) is 0. The number of amides is 2. The summed E-state index contributed by atoms with van der Waals surface area (Å²) in [5.41, 5.74) is 1.03. The Labute approximate surface area is 150 Å². The number of fused-ring (bicyclic) bond motifs is 1. The van der Waals surface area contributed by atoms with Gasteiger partial charge in [-0.1, -0.05) is 6.07 Å². The molecule has 3 aromatic rings. The maximum Gasteiger partial charge on any atom is 0.289 e. The summed E-state index contributed by atoms with van der Waals surface area (Å²) in [6.07, 6.45) is 6.29. The van der Waals surface area contributed by atoms with Crippen LogP contribution in [0.25, 0.3) is 5.52 Å². The molecule has 1 fully saturated rings. The first-order valence-electron chi connectivity index (χ1n) is 8.74. The first-order valence-corrected chi connectivity index (χ1v) is 8.74. The number of imidazole rings is 1. The Morgan fingerprint density at radius 3 is 2.62 bits per heavy atom. The minimum Gasteiger partial charge on any atom is -0.459 e. The molecule has 0 atom stereocenters. The summed E-state index contributed by atoms with van der Waals surface area (Å²) in [5, 5.41) is 0. The normalized spacial score (nSPS) is 14.8. The Kier molecular flexibility index (Phi) is 4.43. The van der Waals surface area contributed by atoms with Crippen LogP contribution in [-0.2, 0) is 11.2 Å². The number of aromatic nitrogens is 2. The molecule has 1 aliphatic heterocycles. The van der Waals surface area contributed by atoms with E-state index in [0.29, 0.717) is 44.8 Å². The summed E-state index contributed by atoms with van der Waals surface area (Å²) in [5.74, 6) is 1.21. The molecule has 0 aromatic carbocycles. The lowest BCUT2D eigenvalue weighted by atomic mass is 10.2. The number of aryl methyl sites for hydroxylation is 1. The van der Waals surface area contributed by atoms with Crippen LogP contribution in [0.3, 0.4) is 0 Å². The fourth-order valence-electron chi connectivity index (χ4n) is 3.28. The zero-order valence-electron chi connectivity index (χ0n) is 14.4. The molecule has 7 heteroatoms. The molecule has 4 rings (SSSR count). The topological polar surface area (TPSA) is 71.1 Å². The Bertz CT molecular complexity index is 908. The van der Waals surface area contributed by atoms with E-state index in [-0.39, 0.29) is 11.8 Å². The van der Waals surface area contributed by atoms with E-state index in [0.717, 1.165) is 11.3 Å². The van der Waals surface area contributed by atoms with E-state index in [4.69, 9.17) is 4.42 Å². The summed E-state index contributed by atoms with van der Waals surface area (Å²) < 4.78 is 7.16. The van der Waals surface area contributed by atoms with Crippen molar-refractivity contribution in [2.45, 2.75) is 12.8 Å². The molecular weight excluding hydrogens is 332 g/mol. The van der Waals surface area contributed by atoms with Gasteiger partial charge in [-0.3, -0.25) is 9.59 Å². The monoisotopic (exact) mass is 352 g/mol. The lowest BCUT2D eigenvalue weighted by molar-refractivity contribution is -0.132. The minimum atomic E-state index is -0.119. The number of carbonyl (C=O) groups excluding carboxylic acids is 2. The van der Waals surface area contributed by atoms with Gasteiger partial charge in [0.05, 0.1) is 18.0 Å². The largest absolute Gasteiger partial charge is 0.459 e. The number of pyridine rings is 1. The quantitative estimate of drug-likeness (QED) is 0.718. The molecule has 0 saturated carbocycles. The molecule has 134 valence electrons. The summed E-state index contributed by atoms with van der Waals surface area (Å²) in [6, 6.07) is 9.28. The molecule has 7 nitrogen and oxygen atoms in total. The van der Waals surface area contributed by atoms with E-state index in [1.807, 2.05) is 39.9 Å². The van der Waals surface area contributed by atoms with Gasteiger partial charge >= 0.3 is 0 Å². The highest BCUT2D eigenvalue weighted by Crippen LogP contribution is 2.12. The number of rotatable bonds is 4. The van der Waals surface area contributed by atoms with Gasteiger partial charge in [0.1, 0.15) is 5.82 Å². The van der Waals surface area contributed by atoms with Gasteiger partial charge in [0.2, 0.25) is 5.91 Å². The van der Waals surface area contributed by atoms with Gasteiger partial charge in [-0.15, -0.1) is 0 Å². The highest BCUT2D eigenvalue weighted by atomic mass is 16.3. The van der Waals surface area contributed by atoms with Crippen LogP contribution in [0.5, 0.6) is 0 Å². The van der Waals surface area contributed by atoms with Crippen LogP contribution in [0, 0.1) is 0 Å². The summed E-state index contributed by atoms with van der Waals surface area (Å²) in [7, 11) is 0. The van der Waals surface area contributed by atoms with Crippen molar-refractivity contribution < 1.29 is 14.0 Å². The zero-order chi connectivity index (χ0) is 17.9. The predicted molar refractivity (Wildman–Crippen MR) is 94.7 cm³/mol. The maximum absolute atomic E-state index is 12.5. The molecule has 3 aromatic heterocycles. The lowest BCUT2D eigenvalue weighted by Crippen LogP contribution is -2.50. The number of piperazine rings is 1. The van der Waals surface area contributed by atoms with Gasteiger partial charge in [0.25, 0.3) is 5.91 Å². The molecule has 0 N–H and O–H groups in total. The summed E-state index contributed by atoms with van der Waals surface area (Å²) >= 11 is 0. The van der Waals surface area contributed by atoms with Crippen molar-refractivity contribution >= 4 is 17.3 Å². The number of nitrogens with zero attached hydrogens (tertiary/aromatic N) is 4. The molecule has 1 saturated heterocycles. The summed E-state index contributed by atoms with van der Waals surface area (Å²) in [4.78, 5) is 32.7. The highest BCUT2D eigenvalue weighted by Gasteiger charge is 2.26. The Morgan fingerprint density at radius 2 is 1.85 bits per heavy atom. The van der Waals surface area contributed by atoms with Crippen molar-refractivity contribution in [1.29, 1.82) is 0 Å². The molecular formula is C19H20N4O3. The van der Waals surface area contributed by atoms with Crippen molar-refractivity contribution in [3.63, 3.8) is 0 Å². The van der Waals surface area contributed by atoms with Crippen molar-refractivity contribution in [3.05, 3.63) is 60.6 Å². The Balaban J connectivity index is 1.30. The molecule has 1 aliphatic rings. The third-order valence-electron chi connectivity index (χ3n) is 4.73. The number of furan rings is 1. The molecule has 0 unspecified atom stereocenters. The van der Waals surface area contributed by atoms with E-state index in [2.05, 4.69) is 4.98 Å². The van der Waals surface area contributed by atoms with E-state index >= 15 is 0 Å². The molecule has 0 aliphatic carbocycles. The zero-order valence-corrected chi connectivity index (χ0v) is 14.4. The van der Waals surface area contributed by atoms with Crippen LogP contribution in [0.1, 0.15) is 22.8 Å². The summed E-state index contributed by atoms with van der Waals surface area (Å²) in [6.45, 7) is 2.15. The van der Waals surface area contributed by atoms with Crippen molar-refractivity contribution in [1.82, 2.24) is 19.2 Å². The molecule has 2 amide bonds. The van der Waals surface area contributed by atoms with Gasteiger partial charge in [0.15, 0.2) is 5.76 Å².